The molecule has 0 unspecified atom stereocenters. The molecule has 35 heavy (non-hydrogen) atoms. The van der Waals surface area contributed by atoms with E-state index in [0.29, 0.717) is 23.4 Å². The Morgan fingerprint density at radius 1 is 1.14 bits per heavy atom. The molecule has 0 aliphatic carbocycles. The van der Waals surface area contributed by atoms with Gasteiger partial charge in [0.25, 0.3) is 5.91 Å². The Kier molecular flexibility index (Phi) is 8.45. The van der Waals surface area contributed by atoms with Crippen molar-refractivity contribution in [1.82, 2.24) is 15.2 Å². The summed E-state index contributed by atoms with van der Waals surface area (Å²) < 4.78 is 24.9. The predicted molar refractivity (Wildman–Crippen MR) is 132 cm³/mol. The molecule has 1 atom stereocenters. The first kappa shape index (κ1) is 26.2. The van der Waals surface area contributed by atoms with Crippen molar-refractivity contribution in [3.8, 4) is 5.75 Å². The first-order chi connectivity index (χ1) is 16.6. The molecule has 1 heterocycles. The van der Waals surface area contributed by atoms with Crippen LogP contribution in [0.5, 0.6) is 5.75 Å². The third kappa shape index (κ3) is 6.79. The molecule has 0 radical (unpaired) electrons. The number of carbonyl (C=O) groups is 2. The topological polar surface area (TPSA) is 83.5 Å². The summed E-state index contributed by atoms with van der Waals surface area (Å²) in [5.41, 5.74) is 1.18. The molecule has 3 rings (SSSR count). The van der Waals surface area contributed by atoms with Gasteiger partial charge in [-0.1, -0.05) is 30.3 Å². The van der Waals surface area contributed by atoms with E-state index in [0.717, 1.165) is 5.56 Å². The molecule has 0 saturated heterocycles. The molecule has 0 fully saturated rings. The normalized spacial score (nSPS) is 15.5. The minimum atomic E-state index is -0.471. The lowest BCUT2D eigenvalue weighted by Crippen LogP contribution is -2.52. The molecule has 3 amide bonds. The van der Waals surface area contributed by atoms with Crippen molar-refractivity contribution in [2.75, 3.05) is 33.9 Å². The van der Waals surface area contributed by atoms with E-state index in [-0.39, 0.29) is 31.6 Å². The molecule has 1 N–H and O–H groups in total. The van der Waals surface area contributed by atoms with Gasteiger partial charge in [-0.3, -0.25) is 4.79 Å². The number of benzene rings is 2. The molecule has 1 aliphatic heterocycles. The van der Waals surface area contributed by atoms with E-state index in [9.17, 15) is 14.0 Å². The van der Waals surface area contributed by atoms with E-state index in [1.807, 2.05) is 32.9 Å². The van der Waals surface area contributed by atoms with Gasteiger partial charge in [0.05, 0.1) is 25.5 Å². The average Bonchev–Trinajstić information content (AvgIpc) is 3.26. The summed E-state index contributed by atoms with van der Waals surface area (Å²) >= 11 is 0. The lowest BCUT2D eigenvalue weighted by atomic mass is 9.98. The minimum absolute atomic E-state index is 0.202. The van der Waals surface area contributed by atoms with Crippen LogP contribution in [0.4, 0.5) is 9.18 Å². The fourth-order valence-electron chi connectivity index (χ4n) is 3.77. The molecular formula is C26H33FN4O4. The smallest absolute Gasteiger partial charge is 0.318 e. The van der Waals surface area contributed by atoms with E-state index >= 15 is 0 Å². The first-order valence-electron chi connectivity index (χ1n) is 11.5. The molecule has 0 saturated carbocycles. The fourth-order valence-corrected chi connectivity index (χ4v) is 3.77. The van der Waals surface area contributed by atoms with Crippen LogP contribution in [-0.2, 0) is 9.53 Å². The molecular weight excluding hydrogens is 451 g/mol. The van der Waals surface area contributed by atoms with Crippen molar-refractivity contribution >= 4 is 17.6 Å². The van der Waals surface area contributed by atoms with Gasteiger partial charge in [0.2, 0.25) is 0 Å². The molecule has 0 spiro atoms. The second-order valence-electron chi connectivity index (χ2n) is 9.35. The van der Waals surface area contributed by atoms with Gasteiger partial charge in [0.15, 0.2) is 0 Å². The fraction of sp³-hybridized carbons (Fsp3) is 0.423. The van der Waals surface area contributed by atoms with Crippen LogP contribution in [0.25, 0.3) is 0 Å². The maximum atomic E-state index is 14.5. The third-order valence-corrected chi connectivity index (χ3v) is 5.51. The first-order valence-corrected chi connectivity index (χ1v) is 11.5. The molecule has 2 aromatic rings. The van der Waals surface area contributed by atoms with Gasteiger partial charge < -0.3 is 19.7 Å². The Labute approximate surface area is 205 Å². The number of ether oxygens (including phenoxy) is 2. The second-order valence-corrected chi connectivity index (χ2v) is 9.35. The lowest BCUT2D eigenvalue weighted by molar-refractivity contribution is -0.133. The van der Waals surface area contributed by atoms with Crippen molar-refractivity contribution in [2.45, 2.75) is 38.8 Å². The number of amides is 3. The molecule has 188 valence electrons. The van der Waals surface area contributed by atoms with Crippen LogP contribution in [0.15, 0.2) is 53.6 Å². The minimum Gasteiger partial charge on any atom is -0.497 e. The van der Waals surface area contributed by atoms with Crippen LogP contribution < -0.4 is 10.1 Å². The Bertz CT molecular complexity index is 1070. The van der Waals surface area contributed by atoms with Crippen LogP contribution in [0.1, 0.15) is 44.4 Å². The van der Waals surface area contributed by atoms with E-state index < -0.39 is 17.4 Å². The molecule has 9 heteroatoms. The maximum Gasteiger partial charge on any atom is 0.318 e. The molecule has 2 aromatic carbocycles. The zero-order chi connectivity index (χ0) is 25.6. The van der Waals surface area contributed by atoms with Crippen molar-refractivity contribution in [2.24, 2.45) is 5.10 Å². The van der Waals surface area contributed by atoms with E-state index in [4.69, 9.17) is 9.47 Å². The van der Waals surface area contributed by atoms with Crippen LogP contribution in [0.2, 0.25) is 0 Å². The largest absolute Gasteiger partial charge is 0.497 e. The number of hydrogen-bond donors (Lipinski definition) is 1. The van der Waals surface area contributed by atoms with E-state index in [2.05, 4.69) is 10.4 Å². The van der Waals surface area contributed by atoms with Gasteiger partial charge in [-0.2, -0.15) is 5.10 Å². The Morgan fingerprint density at radius 2 is 1.83 bits per heavy atom. The van der Waals surface area contributed by atoms with Gasteiger partial charge in [-0.15, -0.1) is 0 Å². The summed E-state index contributed by atoms with van der Waals surface area (Å²) in [6, 6.07) is 12.9. The van der Waals surface area contributed by atoms with Gasteiger partial charge in [-0.25, -0.2) is 14.2 Å². The highest BCUT2D eigenvalue weighted by Crippen LogP contribution is 2.34. The Hall–Kier alpha value is -3.46. The van der Waals surface area contributed by atoms with E-state index in [1.54, 1.807) is 37.4 Å². The molecule has 1 aliphatic rings. The number of hydrogen-bond acceptors (Lipinski definition) is 5. The van der Waals surface area contributed by atoms with Crippen molar-refractivity contribution in [1.29, 1.82) is 0 Å². The number of halogens is 1. The molecule has 0 bridgehead atoms. The van der Waals surface area contributed by atoms with Crippen molar-refractivity contribution in [3.63, 3.8) is 0 Å². The highest BCUT2D eigenvalue weighted by molar-refractivity contribution is 6.03. The van der Waals surface area contributed by atoms with Crippen molar-refractivity contribution in [3.05, 3.63) is 65.5 Å². The van der Waals surface area contributed by atoms with Crippen LogP contribution in [0.3, 0.4) is 0 Å². The number of methoxy groups -OCH3 is 2. The third-order valence-electron chi connectivity index (χ3n) is 5.51. The summed E-state index contributed by atoms with van der Waals surface area (Å²) in [5.74, 6) is -0.0953. The standard InChI is InChI=1S/C26H33FN4O4/c1-26(2,3)28-25(33)30(14-15-34-4)17-24(32)31-23(18-10-12-19(35-5)13-11-18)16-22(29-31)20-8-6-7-9-21(20)27/h6-13,23H,14-17H2,1-5H3,(H,28,33)/t23-/m1/s1. The Morgan fingerprint density at radius 3 is 2.43 bits per heavy atom. The maximum absolute atomic E-state index is 14.5. The average molecular weight is 485 g/mol. The van der Waals surface area contributed by atoms with Crippen LogP contribution in [-0.4, -0.2) is 67.0 Å². The number of hydrazone groups is 1. The Balaban J connectivity index is 1.90. The van der Waals surface area contributed by atoms with Gasteiger partial charge in [0.1, 0.15) is 18.1 Å². The number of carbonyl (C=O) groups excluding carboxylic acids is 2. The number of nitrogens with zero attached hydrogens (tertiary/aromatic N) is 3. The summed E-state index contributed by atoms with van der Waals surface area (Å²) in [6.45, 7) is 5.91. The highest BCUT2D eigenvalue weighted by Gasteiger charge is 2.35. The second kappa shape index (κ2) is 11.3. The zero-order valence-corrected chi connectivity index (χ0v) is 20.9. The number of nitrogens with one attached hydrogen (secondary N) is 1. The SMILES string of the molecule is COCCN(CC(=O)N1N=C(c2ccccc2F)C[C@@H]1c1ccc(OC)cc1)C(=O)NC(C)(C)C. The quantitative estimate of drug-likeness (QED) is 0.615. The molecule has 0 aromatic heterocycles. The molecule has 8 nitrogen and oxygen atoms in total. The van der Waals surface area contributed by atoms with Gasteiger partial charge in [-0.05, 0) is 44.5 Å². The van der Waals surface area contributed by atoms with Gasteiger partial charge >= 0.3 is 6.03 Å². The number of urea groups is 1. The zero-order valence-electron chi connectivity index (χ0n) is 20.9. The van der Waals surface area contributed by atoms with E-state index in [1.165, 1.54) is 23.1 Å². The monoisotopic (exact) mass is 484 g/mol. The van der Waals surface area contributed by atoms with Crippen molar-refractivity contribution < 1.29 is 23.5 Å². The predicted octanol–water partition coefficient (Wildman–Crippen LogP) is 3.97. The lowest BCUT2D eigenvalue weighted by Gasteiger charge is -2.30. The van der Waals surface area contributed by atoms with Crippen LogP contribution >= 0.6 is 0 Å². The summed E-state index contributed by atoms with van der Waals surface area (Å²) in [6.07, 6.45) is 0.339. The summed E-state index contributed by atoms with van der Waals surface area (Å²) in [7, 11) is 3.11. The van der Waals surface area contributed by atoms with Gasteiger partial charge in [0, 0.05) is 31.2 Å². The summed E-state index contributed by atoms with van der Waals surface area (Å²) in [4.78, 5) is 27.8. The highest BCUT2D eigenvalue weighted by atomic mass is 19.1. The number of rotatable bonds is 8. The summed E-state index contributed by atoms with van der Waals surface area (Å²) in [5, 5.41) is 8.76. The van der Waals surface area contributed by atoms with Crippen LogP contribution in [0, 0.1) is 5.82 Å².